The average Bonchev–Trinajstić information content (AvgIpc) is 2.98. The number of hydrogen-bond donors (Lipinski definition) is 1. The van der Waals surface area contributed by atoms with Gasteiger partial charge in [0.05, 0.1) is 0 Å². The smallest absolute Gasteiger partial charge is 0.00830 e. The van der Waals surface area contributed by atoms with E-state index < -0.39 is 0 Å². The fourth-order valence-electron chi connectivity index (χ4n) is 2.48. The maximum atomic E-state index is 3.80. The predicted octanol–water partition coefficient (Wildman–Crippen LogP) is 3.05. The molecule has 2 fully saturated rings. The SMILES string of the molecule is CCCC1(CNC2CCSCC2)CC1. The molecule has 1 N–H and O–H groups in total. The fourth-order valence-corrected chi connectivity index (χ4v) is 3.59. The zero-order valence-electron chi connectivity index (χ0n) is 9.35. The van der Waals surface area contributed by atoms with Gasteiger partial charge in [0.1, 0.15) is 0 Å². The van der Waals surface area contributed by atoms with Crippen molar-refractivity contribution in [1.29, 1.82) is 0 Å². The van der Waals surface area contributed by atoms with E-state index in [1.54, 1.807) is 0 Å². The second-order valence-corrected chi connectivity index (χ2v) is 6.24. The Labute approximate surface area is 92.4 Å². The molecule has 0 spiro atoms. The van der Waals surface area contributed by atoms with Gasteiger partial charge in [0, 0.05) is 12.6 Å². The standard InChI is InChI=1S/C12H23NS/c1-2-5-12(6-7-12)10-13-11-3-8-14-9-4-11/h11,13H,2-10H2,1H3. The molecule has 0 radical (unpaired) electrons. The maximum Gasteiger partial charge on any atom is 0.00830 e. The molecule has 0 aromatic rings. The van der Waals surface area contributed by atoms with Gasteiger partial charge in [0.15, 0.2) is 0 Å². The highest BCUT2D eigenvalue weighted by molar-refractivity contribution is 7.99. The monoisotopic (exact) mass is 213 g/mol. The van der Waals surface area contributed by atoms with Gasteiger partial charge in [0.2, 0.25) is 0 Å². The Bertz CT molecular complexity index is 171. The lowest BCUT2D eigenvalue weighted by molar-refractivity contribution is 0.374. The molecule has 82 valence electrons. The van der Waals surface area contributed by atoms with Crippen LogP contribution in [0.3, 0.4) is 0 Å². The molecule has 2 rings (SSSR count). The third kappa shape index (κ3) is 2.90. The summed E-state index contributed by atoms with van der Waals surface area (Å²) < 4.78 is 0. The van der Waals surface area contributed by atoms with E-state index in [0.29, 0.717) is 0 Å². The maximum absolute atomic E-state index is 3.80. The molecule has 0 amide bonds. The molecule has 0 aromatic carbocycles. The first-order valence-electron chi connectivity index (χ1n) is 6.16. The summed E-state index contributed by atoms with van der Waals surface area (Å²) in [4.78, 5) is 0. The van der Waals surface area contributed by atoms with E-state index in [0.717, 1.165) is 11.5 Å². The molecule has 1 heterocycles. The van der Waals surface area contributed by atoms with Crippen LogP contribution in [-0.4, -0.2) is 24.1 Å². The van der Waals surface area contributed by atoms with Crippen LogP contribution in [0.5, 0.6) is 0 Å². The Morgan fingerprint density at radius 2 is 2.00 bits per heavy atom. The number of rotatable bonds is 5. The summed E-state index contributed by atoms with van der Waals surface area (Å²) in [7, 11) is 0. The Morgan fingerprint density at radius 1 is 1.29 bits per heavy atom. The molecule has 0 aromatic heterocycles. The van der Waals surface area contributed by atoms with Crippen LogP contribution in [0.1, 0.15) is 45.4 Å². The van der Waals surface area contributed by atoms with Crippen molar-refractivity contribution in [2.45, 2.75) is 51.5 Å². The van der Waals surface area contributed by atoms with Gasteiger partial charge in [-0.3, -0.25) is 0 Å². The van der Waals surface area contributed by atoms with Crippen molar-refractivity contribution >= 4 is 11.8 Å². The van der Waals surface area contributed by atoms with Crippen LogP contribution in [0.15, 0.2) is 0 Å². The predicted molar refractivity (Wildman–Crippen MR) is 64.9 cm³/mol. The van der Waals surface area contributed by atoms with Crippen LogP contribution in [0.2, 0.25) is 0 Å². The second-order valence-electron chi connectivity index (χ2n) is 5.02. The van der Waals surface area contributed by atoms with Crippen molar-refractivity contribution in [3.8, 4) is 0 Å². The molecule has 0 atom stereocenters. The normalized spacial score (nSPS) is 26.4. The van der Waals surface area contributed by atoms with Gasteiger partial charge in [0.25, 0.3) is 0 Å². The van der Waals surface area contributed by atoms with Crippen LogP contribution in [-0.2, 0) is 0 Å². The molecule has 2 heteroatoms. The lowest BCUT2D eigenvalue weighted by atomic mass is 10.00. The van der Waals surface area contributed by atoms with Crippen molar-refractivity contribution in [1.82, 2.24) is 5.32 Å². The van der Waals surface area contributed by atoms with E-state index in [4.69, 9.17) is 0 Å². The van der Waals surface area contributed by atoms with Crippen LogP contribution < -0.4 is 5.32 Å². The summed E-state index contributed by atoms with van der Waals surface area (Å²) in [6.45, 7) is 3.62. The second kappa shape index (κ2) is 4.89. The van der Waals surface area contributed by atoms with E-state index in [9.17, 15) is 0 Å². The summed E-state index contributed by atoms with van der Waals surface area (Å²) in [6, 6.07) is 0.839. The zero-order valence-corrected chi connectivity index (χ0v) is 10.2. The molecule has 1 saturated heterocycles. The quantitative estimate of drug-likeness (QED) is 0.753. The summed E-state index contributed by atoms with van der Waals surface area (Å²) in [5, 5.41) is 3.80. The highest BCUT2D eigenvalue weighted by Crippen LogP contribution is 2.49. The Kier molecular flexibility index (Phi) is 3.78. The lowest BCUT2D eigenvalue weighted by Gasteiger charge is -2.25. The first-order chi connectivity index (χ1) is 6.85. The van der Waals surface area contributed by atoms with Crippen molar-refractivity contribution in [3.63, 3.8) is 0 Å². The molecule has 0 unspecified atom stereocenters. The van der Waals surface area contributed by atoms with Gasteiger partial charge < -0.3 is 5.32 Å². The van der Waals surface area contributed by atoms with Crippen LogP contribution in [0, 0.1) is 5.41 Å². The van der Waals surface area contributed by atoms with Crippen LogP contribution in [0.25, 0.3) is 0 Å². The van der Waals surface area contributed by atoms with Gasteiger partial charge in [-0.15, -0.1) is 0 Å². The molecule has 1 saturated carbocycles. The summed E-state index contributed by atoms with van der Waals surface area (Å²) in [5.41, 5.74) is 0.735. The van der Waals surface area contributed by atoms with Crippen molar-refractivity contribution in [2.75, 3.05) is 18.1 Å². The zero-order chi connectivity index (χ0) is 9.86. The average molecular weight is 213 g/mol. The fraction of sp³-hybridized carbons (Fsp3) is 1.00. The van der Waals surface area contributed by atoms with E-state index in [-0.39, 0.29) is 0 Å². The topological polar surface area (TPSA) is 12.0 Å². The minimum atomic E-state index is 0.735. The molecule has 1 aliphatic heterocycles. The van der Waals surface area contributed by atoms with Crippen LogP contribution >= 0.6 is 11.8 Å². The van der Waals surface area contributed by atoms with E-state index in [2.05, 4.69) is 24.0 Å². The van der Waals surface area contributed by atoms with Crippen molar-refractivity contribution in [3.05, 3.63) is 0 Å². The summed E-state index contributed by atoms with van der Waals surface area (Å²) in [5.74, 6) is 2.75. The molecule has 1 aliphatic carbocycles. The highest BCUT2D eigenvalue weighted by Gasteiger charge is 2.41. The Balaban J connectivity index is 1.65. The lowest BCUT2D eigenvalue weighted by Crippen LogP contribution is -2.36. The third-order valence-electron chi connectivity index (χ3n) is 3.72. The molecule has 0 bridgehead atoms. The van der Waals surface area contributed by atoms with Gasteiger partial charge in [-0.25, -0.2) is 0 Å². The molecule has 14 heavy (non-hydrogen) atoms. The molecular weight excluding hydrogens is 190 g/mol. The molecular formula is C12H23NS. The van der Waals surface area contributed by atoms with E-state index in [1.807, 2.05) is 0 Å². The van der Waals surface area contributed by atoms with Gasteiger partial charge in [-0.1, -0.05) is 13.3 Å². The minimum absolute atomic E-state index is 0.735. The van der Waals surface area contributed by atoms with Crippen LogP contribution in [0.4, 0.5) is 0 Å². The van der Waals surface area contributed by atoms with Crippen molar-refractivity contribution < 1.29 is 0 Å². The minimum Gasteiger partial charge on any atom is -0.313 e. The molecule has 2 aliphatic rings. The largest absolute Gasteiger partial charge is 0.313 e. The highest BCUT2D eigenvalue weighted by atomic mass is 32.2. The Hall–Kier alpha value is 0.310. The first-order valence-corrected chi connectivity index (χ1v) is 7.31. The first kappa shape index (κ1) is 10.8. The van der Waals surface area contributed by atoms with E-state index >= 15 is 0 Å². The van der Waals surface area contributed by atoms with Gasteiger partial charge in [-0.2, -0.15) is 11.8 Å². The van der Waals surface area contributed by atoms with Gasteiger partial charge in [-0.05, 0) is 49.0 Å². The number of nitrogens with one attached hydrogen (secondary N) is 1. The number of thioether (sulfide) groups is 1. The van der Waals surface area contributed by atoms with E-state index in [1.165, 1.54) is 56.6 Å². The van der Waals surface area contributed by atoms with Gasteiger partial charge >= 0.3 is 0 Å². The molecule has 1 nitrogen and oxygen atoms in total. The van der Waals surface area contributed by atoms with Crippen molar-refractivity contribution in [2.24, 2.45) is 5.41 Å². The summed E-state index contributed by atoms with van der Waals surface area (Å²) >= 11 is 2.12. The summed E-state index contributed by atoms with van der Waals surface area (Å²) in [6.07, 6.45) is 8.56. The third-order valence-corrected chi connectivity index (χ3v) is 4.77. The number of hydrogen-bond acceptors (Lipinski definition) is 2. The Morgan fingerprint density at radius 3 is 2.57 bits per heavy atom.